The monoisotopic (exact) mass is 299 g/mol. The van der Waals surface area contributed by atoms with E-state index in [4.69, 9.17) is 5.11 Å². The molecular weight excluding hydrogens is 282 g/mol. The molecular formula is C12H18BrN3O. The molecule has 0 radical (unpaired) electrons. The van der Waals surface area contributed by atoms with Gasteiger partial charge >= 0.3 is 0 Å². The van der Waals surface area contributed by atoms with Gasteiger partial charge in [-0.25, -0.2) is 4.98 Å². The fourth-order valence-electron chi connectivity index (χ4n) is 2.14. The van der Waals surface area contributed by atoms with Crippen molar-refractivity contribution in [3.8, 4) is 0 Å². The van der Waals surface area contributed by atoms with Crippen molar-refractivity contribution in [2.75, 3.05) is 44.2 Å². The van der Waals surface area contributed by atoms with Gasteiger partial charge in [-0.15, -0.1) is 0 Å². The van der Waals surface area contributed by atoms with E-state index in [1.54, 1.807) is 0 Å². The Hall–Kier alpha value is -0.650. The first-order valence-corrected chi connectivity index (χ1v) is 6.79. The third-order valence-electron chi connectivity index (χ3n) is 3.03. The van der Waals surface area contributed by atoms with Crippen molar-refractivity contribution in [2.24, 2.45) is 0 Å². The molecule has 1 aliphatic heterocycles. The van der Waals surface area contributed by atoms with Crippen LogP contribution in [0.4, 0.5) is 5.82 Å². The Balaban J connectivity index is 1.99. The number of nitrogens with zero attached hydrogens (tertiary/aromatic N) is 3. The predicted molar refractivity (Wildman–Crippen MR) is 72.3 cm³/mol. The highest BCUT2D eigenvalue weighted by Gasteiger charge is 2.15. The molecule has 0 bridgehead atoms. The zero-order chi connectivity index (χ0) is 12.1. The van der Waals surface area contributed by atoms with E-state index in [1.165, 1.54) is 0 Å². The Morgan fingerprint density at radius 3 is 2.88 bits per heavy atom. The van der Waals surface area contributed by atoms with Crippen LogP contribution in [0.15, 0.2) is 22.8 Å². The highest BCUT2D eigenvalue weighted by Crippen LogP contribution is 2.16. The van der Waals surface area contributed by atoms with E-state index in [-0.39, 0.29) is 6.61 Å². The summed E-state index contributed by atoms with van der Waals surface area (Å²) < 4.78 is 0.881. The van der Waals surface area contributed by atoms with Crippen LogP contribution < -0.4 is 4.90 Å². The molecule has 94 valence electrons. The van der Waals surface area contributed by atoms with Crippen LogP contribution in [0.25, 0.3) is 0 Å². The third kappa shape index (κ3) is 3.66. The van der Waals surface area contributed by atoms with Gasteiger partial charge in [0.25, 0.3) is 0 Å². The van der Waals surface area contributed by atoms with Crippen LogP contribution in [0.5, 0.6) is 0 Å². The molecule has 5 heteroatoms. The van der Waals surface area contributed by atoms with Crippen LogP contribution in [0.1, 0.15) is 6.42 Å². The minimum atomic E-state index is 0.245. The van der Waals surface area contributed by atoms with Gasteiger partial charge in [-0.05, 0) is 41.0 Å². The molecule has 0 unspecified atom stereocenters. The largest absolute Gasteiger partial charge is 0.395 e. The highest BCUT2D eigenvalue weighted by atomic mass is 79.9. The van der Waals surface area contributed by atoms with Crippen molar-refractivity contribution in [1.82, 2.24) is 9.88 Å². The van der Waals surface area contributed by atoms with Crippen molar-refractivity contribution >= 4 is 21.7 Å². The SMILES string of the molecule is OCCN1CCCN(c2cccc(Br)n2)CC1. The standard InChI is InChI=1S/C12H18BrN3O/c13-11-3-1-4-12(14-11)16-6-2-5-15(7-8-16)9-10-17/h1,3-4,17H,2,5-10H2. The molecule has 1 fully saturated rings. The van der Waals surface area contributed by atoms with E-state index in [0.717, 1.165) is 49.6 Å². The number of hydrogen-bond acceptors (Lipinski definition) is 4. The molecule has 0 aromatic carbocycles. The van der Waals surface area contributed by atoms with Gasteiger partial charge in [0.05, 0.1) is 6.61 Å². The molecule has 1 aliphatic rings. The normalized spacial score (nSPS) is 18.1. The number of halogens is 1. The summed E-state index contributed by atoms with van der Waals surface area (Å²) in [5.41, 5.74) is 0. The zero-order valence-electron chi connectivity index (χ0n) is 9.85. The first-order valence-electron chi connectivity index (χ1n) is 6.00. The molecule has 1 aromatic rings. The lowest BCUT2D eigenvalue weighted by molar-refractivity contribution is 0.204. The molecule has 0 amide bonds. The van der Waals surface area contributed by atoms with E-state index in [1.807, 2.05) is 18.2 Å². The smallest absolute Gasteiger partial charge is 0.129 e. The number of rotatable bonds is 3. The summed E-state index contributed by atoms with van der Waals surface area (Å²) in [6.07, 6.45) is 1.12. The number of aliphatic hydroxyl groups excluding tert-OH is 1. The quantitative estimate of drug-likeness (QED) is 0.855. The van der Waals surface area contributed by atoms with Crippen LogP contribution in [-0.4, -0.2) is 54.3 Å². The highest BCUT2D eigenvalue weighted by molar-refractivity contribution is 9.10. The molecule has 0 saturated carbocycles. The van der Waals surface area contributed by atoms with Crippen LogP contribution in [0.2, 0.25) is 0 Å². The van der Waals surface area contributed by atoms with Crippen molar-refractivity contribution in [1.29, 1.82) is 0 Å². The number of pyridine rings is 1. The van der Waals surface area contributed by atoms with Gasteiger partial charge in [-0.1, -0.05) is 6.07 Å². The molecule has 2 rings (SSSR count). The van der Waals surface area contributed by atoms with E-state index in [9.17, 15) is 0 Å². The van der Waals surface area contributed by atoms with Gasteiger partial charge in [0, 0.05) is 26.2 Å². The number of β-amino-alcohol motifs (C(OH)–C–C–N with tert-alkyl or cyclic N) is 1. The van der Waals surface area contributed by atoms with Crippen LogP contribution in [-0.2, 0) is 0 Å². The van der Waals surface area contributed by atoms with Gasteiger partial charge < -0.3 is 10.0 Å². The summed E-state index contributed by atoms with van der Waals surface area (Å²) in [6, 6.07) is 6.01. The van der Waals surface area contributed by atoms with Gasteiger partial charge in [-0.3, -0.25) is 4.90 Å². The topological polar surface area (TPSA) is 39.6 Å². The van der Waals surface area contributed by atoms with E-state index < -0.39 is 0 Å². The van der Waals surface area contributed by atoms with Gasteiger partial charge in [0.2, 0.25) is 0 Å². The molecule has 1 saturated heterocycles. The van der Waals surface area contributed by atoms with Gasteiger partial charge in [0.15, 0.2) is 0 Å². The first kappa shape index (κ1) is 12.8. The minimum absolute atomic E-state index is 0.245. The van der Waals surface area contributed by atoms with Gasteiger partial charge in [-0.2, -0.15) is 0 Å². The molecule has 2 heterocycles. The van der Waals surface area contributed by atoms with Crippen molar-refractivity contribution in [3.05, 3.63) is 22.8 Å². The maximum absolute atomic E-state index is 8.96. The lowest BCUT2D eigenvalue weighted by Crippen LogP contribution is -2.32. The van der Waals surface area contributed by atoms with Crippen LogP contribution in [0, 0.1) is 0 Å². The number of hydrogen-bond donors (Lipinski definition) is 1. The second-order valence-corrected chi connectivity index (χ2v) is 5.04. The summed E-state index contributed by atoms with van der Waals surface area (Å²) in [5.74, 6) is 1.03. The number of aliphatic hydroxyl groups is 1. The zero-order valence-corrected chi connectivity index (χ0v) is 11.4. The predicted octanol–water partition coefficient (Wildman–Crippen LogP) is 1.35. The molecule has 1 aromatic heterocycles. The first-order chi connectivity index (χ1) is 8.29. The maximum atomic E-state index is 8.96. The average Bonchev–Trinajstić information content (AvgIpc) is 2.55. The van der Waals surface area contributed by atoms with Gasteiger partial charge in [0.1, 0.15) is 10.4 Å². The Morgan fingerprint density at radius 2 is 2.12 bits per heavy atom. The number of aromatic nitrogens is 1. The molecule has 0 atom stereocenters. The summed E-state index contributed by atoms with van der Waals surface area (Å²) in [5, 5.41) is 8.96. The number of anilines is 1. The summed E-state index contributed by atoms with van der Waals surface area (Å²) in [6.45, 7) is 5.09. The minimum Gasteiger partial charge on any atom is -0.395 e. The Kier molecular flexibility index (Phi) is 4.76. The summed E-state index contributed by atoms with van der Waals surface area (Å²) >= 11 is 3.40. The second-order valence-electron chi connectivity index (χ2n) is 4.22. The Labute approximate surface area is 110 Å². The van der Waals surface area contributed by atoms with E-state index in [0.29, 0.717) is 0 Å². The Morgan fingerprint density at radius 1 is 1.24 bits per heavy atom. The van der Waals surface area contributed by atoms with Crippen LogP contribution in [0.3, 0.4) is 0 Å². The molecule has 0 aliphatic carbocycles. The lowest BCUT2D eigenvalue weighted by atomic mass is 10.3. The molecule has 0 spiro atoms. The van der Waals surface area contributed by atoms with Crippen LogP contribution >= 0.6 is 15.9 Å². The van der Waals surface area contributed by atoms with Crippen molar-refractivity contribution in [3.63, 3.8) is 0 Å². The molecule has 4 nitrogen and oxygen atoms in total. The van der Waals surface area contributed by atoms with Crippen molar-refractivity contribution in [2.45, 2.75) is 6.42 Å². The summed E-state index contributed by atoms with van der Waals surface area (Å²) in [7, 11) is 0. The average molecular weight is 300 g/mol. The van der Waals surface area contributed by atoms with E-state index >= 15 is 0 Å². The van der Waals surface area contributed by atoms with E-state index in [2.05, 4.69) is 30.7 Å². The van der Waals surface area contributed by atoms with Crippen molar-refractivity contribution < 1.29 is 5.11 Å². The summed E-state index contributed by atoms with van der Waals surface area (Å²) in [4.78, 5) is 9.10. The fourth-order valence-corrected chi connectivity index (χ4v) is 2.47. The third-order valence-corrected chi connectivity index (χ3v) is 3.47. The fraction of sp³-hybridized carbons (Fsp3) is 0.583. The lowest BCUT2D eigenvalue weighted by Gasteiger charge is -2.22. The second kappa shape index (κ2) is 6.33. The molecule has 17 heavy (non-hydrogen) atoms. The maximum Gasteiger partial charge on any atom is 0.129 e. The molecule has 1 N–H and O–H groups in total. The Bertz CT molecular complexity index is 361.